The van der Waals surface area contributed by atoms with E-state index in [1.54, 1.807) is 30.4 Å². The van der Waals surface area contributed by atoms with Gasteiger partial charge in [0, 0.05) is 30.4 Å². The quantitative estimate of drug-likeness (QED) is 0.827. The van der Waals surface area contributed by atoms with E-state index in [-0.39, 0.29) is 11.2 Å². The summed E-state index contributed by atoms with van der Waals surface area (Å²) in [6, 6.07) is 6.38. The van der Waals surface area contributed by atoms with Gasteiger partial charge in [0.1, 0.15) is 5.82 Å². The normalized spacial score (nSPS) is 16.1. The lowest BCUT2D eigenvalue weighted by atomic mass is 10.1. The highest BCUT2D eigenvalue weighted by molar-refractivity contribution is 8.01. The van der Waals surface area contributed by atoms with Gasteiger partial charge >= 0.3 is 0 Å². The molecule has 1 atom stereocenters. The molecule has 2 N–H and O–H groups in total. The van der Waals surface area contributed by atoms with Crippen LogP contribution in [0.15, 0.2) is 41.7 Å². The summed E-state index contributed by atoms with van der Waals surface area (Å²) >= 11 is 1.66. The summed E-state index contributed by atoms with van der Waals surface area (Å²) in [5.74, 6) is 0.815. The van der Waals surface area contributed by atoms with Gasteiger partial charge in [0.05, 0.1) is 11.4 Å². The number of hydrogen-bond acceptors (Lipinski definition) is 5. The summed E-state index contributed by atoms with van der Waals surface area (Å²) in [7, 11) is 0. The van der Waals surface area contributed by atoms with Crippen LogP contribution in [0.1, 0.15) is 11.1 Å². The second-order valence-corrected chi connectivity index (χ2v) is 6.47. The van der Waals surface area contributed by atoms with Gasteiger partial charge in [0.25, 0.3) is 0 Å². The Morgan fingerprint density at radius 3 is 3.09 bits per heavy atom. The van der Waals surface area contributed by atoms with E-state index in [1.807, 2.05) is 0 Å². The summed E-state index contributed by atoms with van der Waals surface area (Å²) in [4.78, 5) is 21.6. The number of thioether (sulfide) groups is 1. The SMILES string of the molecule is Cc1ccc2c(c1)S[C@@H](C(=O)NCCNc1cnccn1)C2. The van der Waals surface area contributed by atoms with Gasteiger partial charge in [-0.05, 0) is 25.0 Å². The Labute approximate surface area is 133 Å². The van der Waals surface area contributed by atoms with Crippen molar-refractivity contribution in [1.82, 2.24) is 15.3 Å². The molecule has 0 spiro atoms. The second kappa shape index (κ2) is 6.79. The van der Waals surface area contributed by atoms with Gasteiger partial charge in [-0.1, -0.05) is 17.7 Å². The lowest BCUT2D eigenvalue weighted by molar-refractivity contribution is -0.120. The topological polar surface area (TPSA) is 66.9 Å². The number of benzene rings is 1. The lowest BCUT2D eigenvalue weighted by Crippen LogP contribution is -2.35. The zero-order valence-corrected chi connectivity index (χ0v) is 13.2. The van der Waals surface area contributed by atoms with Crippen molar-refractivity contribution in [2.24, 2.45) is 0 Å². The number of amides is 1. The van der Waals surface area contributed by atoms with Crippen LogP contribution in [0.3, 0.4) is 0 Å². The molecule has 1 amide bonds. The number of aryl methyl sites for hydroxylation is 1. The minimum Gasteiger partial charge on any atom is -0.367 e. The number of hydrogen-bond donors (Lipinski definition) is 2. The molecule has 114 valence electrons. The number of aromatic nitrogens is 2. The summed E-state index contributed by atoms with van der Waals surface area (Å²) in [6.45, 7) is 3.28. The summed E-state index contributed by atoms with van der Waals surface area (Å²) in [5.41, 5.74) is 2.51. The first-order valence-corrected chi connectivity index (χ1v) is 8.14. The molecule has 0 fully saturated rings. The summed E-state index contributed by atoms with van der Waals surface area (Å²) < 4.78 is 0. The molecule has 22 heavy (non-hydrogen) atoms. The van der Waals surface area contributed by atoms with E-state index in [2.05, 4.69) is 45.7 Å². The Morgan fingerprint density at radius 1 is 1.36 bits per heavy atom. The van der Waals surface area contributed by atoms with Crippen LogP contribution in [-0.4, -0.2) is 34.2 Å². The van der Waals surface area contributed by atoms with Gasteiger partial charge < -0.3 is 10.6 Å². The molecule has 1 aliphatic heterocycles. The van der Waals surface area contributed by atoms with Gasteiger partial charge in [-0.15, -0.1) is 11.8 Å². The molecule has 1 aromatic carbocycles. The van der Waals surface area contributed by atoms with Crippen LogP contribution in [-0.2, 0) is 11.2 Å². The van der Waals surface area contributed by atoms with Crippen LogP contribution in [0.25, 0.3) is 0 Å². The number of carbonyl (C=O) groups is 1. The molecule has 0 saturated heterocycles. The number of rotatable bonds is 5. The van der Waals surface area contributed by atoms with Gasteiger partial charge in [-0.2, -0.15) is 0 Å². The molecule has 2 heterocycles. The molecule has 0 radical (unpaired) electrons. The maximum absolute atomic E-state index is 12.2. The van der Waals surface area contributed by atoms with E-state index in [9.17, 15) is 4.79 Å². The number of nitrogens with one attached hydrogen (secondary N) is 2. The van der Waals surface area contributed by atoms with Crippen LogP contribution in [0.5, 0.6) is 0 Å². The number of nitrogens with zero attached hydrogens (tertiary/aromatic N) is 2. The van der Waals surface area contributed by atoms with E-state index in [4.69, 9.17) is 0 Å². The van der Waals surface area contributed by atoms with E-state index in [0.29, 0.717) is 13.1 Å². The predicted octanol–water partition coefficient (Wildman–Crippen LogP) is 2.03. The highest BCUT2D eigenvalue weighted by atomic mass is 32.2. The van der Waals surface area contributed by atoms with E-state index in [1.165, 1.54) is 16.0 Å². The zero-order valence-electron chi connectivity index (χ0n) is 12.4. The first-order chi connectivity index (χ1) is 10.7. The van der Waals surface area contributed by atoms with Crippen molar-refractivity contribution >= 4 is 23.5 Å². The first kappa shape index (κ1) is 14.8. The average molecular weight is 314 g/mol. The summed E-state index contributed by atoms with van der Waals surface area (Å²) in [6.07, 6.45) is 5.73. The Hall–Kier alpha value is -2.08. The van der Waals surface area contributed by atoms with E-state index in [0.717, 1.165) is 12.2 Å². The standard InChI is InChI=1S/C16H18N4OS/c1-11-2-3-12-9-14(22-13(12)8-11)16(21)20-7-6-19-15-10-17-4-5-18-15/h2-5,8,10,14H,6-7,9H2,1H3,(H,18,19)(H,20,21)/t14-/m1/s1. The molecule has 2 aromatic rings. The van der Waals surface area contributed by atoms with Gasteiger partial charge in [-0.25, -0.2) is 4.98 Å². The number of anilines is 1. The third kappa shape index (κ3) is 3.57. The van der Waals surface area contributed by atoms with Crippen molar-refractivity contribution in [3.8, 4) is 0 Å². The Bertz CT molecular complexity index is 662. The molecule has 1 aliphatic rings. The lowest BCUT2D eigenvalue weighted by Gasteiger charge is -2.10. The minimum atomic E-state index is -0.0201. The molecule has 1 aromatic heterocycles. The monoisotopic (exact) mass is 314 g/mol. The average Bonchev–Trinajstić information content (AvgIpc) is 2.95. The Morgan fingerprint density at radius 2 is 2.27 bits per heavy atom. The van der Waals surface area contributed by atoms with Gasteiger partial charge in [0.2, 0.25) is 5.91 Å². The fraction of sp³-hybridized carbons (Fsp3) is 0.312. The molecule has 3 rings (SSSR count). The molecule has 6 heteroatoms. The molecule has 5 nitrogen and oxygen atoms in total. The van der Waals surface area contributed by atoms with Crippen molar-refractivity contribution in [1.29, 1.82) is 0 Å². The molecule has 0 saturated carbocycles. The highest BCUT2D eigenvalue weighted by Gasteiger charge is 2.27. The predicted molar refractivity (Wildman–Crippen MR) is 88.1 cm³/mol. The Kier molecular flexibility index (Phi) is 4.58. The molecule has 0 unspecified atom stereocenters. The van der Waals surface area contributed by atoms with E-state index >= 15 is 0 Å². The highest BCUT2D eigenvalue weighted by Crippen LogP contribution is 2.37. The number of fused-ring (bicyclic) bond motifs is 1. The first-order valence-electron chi connectivity index (χ1n) is 7.26. The van der Waals surface area contributed by atoms with Gasteiger partial charge in [-0.3, -0.25) is 9.78 Å². The van der Waals surface area contributed by atoms with Crippen LogP contribution in [0.2, 0.25) is 0 Å². The largest absolute Gasteiger partial charge is 0.367 e. The molecular weight excluding hydrogens is 296 g/mol. The Balaban J connectivity index is 1.44. The van der Waals surface area contributed by atoms with Crippen molar-refractivity contribution in [2.75, 3.05) is 18.4 Å². The molecule has 0 bridgehead atoms. The maximum Gasteiger partial charge on any atom is 0.233 e. The minimum absolute atomic E-state index is 0.0201. The van der Waals surface area contributed by atoms with Crippen LogP contribution in [0, 0.1) is 6.92 Å². The van der Waals surface area contributed by atoms with E-state index < -0.39 is 0 Å². The number of carbonyl (C=O) groups excluding carboxylic acids is 1. The zero-order chi connectivity index (χ0) is 15.4. The van der Waals surface area contributed by atoms with Crippen molar-refractivity contribution in [3.63, 3.8) is 0 Å². The molecular formula is C16H18N4OS. The fourth-order valence-electron chi connectivity index (χ4n) is 2.36. The second-order valence-electron chi connectivity index (χ2n) is 5.23. The maximum atomic E-state index is 12.2. The van der Waals surface area contributed by atoms with Crippen LogP contribution in [0.4, 0.5) is 5.82 Å². The van der Waals surface area contributed by atoms with Gasteiger partial charge in [0.15, 0.2) is 0 Å². The fourth-order valence-corrected chi connectivity index (χ4v) is 3.68. The third-order valence-corrected chi connectivity index (χ3v) is 4.78. The van der Waals surface area contributed by atoms with Crippen LogP contribution < -0.4 is 10.6 Å². The summed E-state index contributed by atoms with van der Waals surface area (Å²) in [5, 5.41) is 6.07. The third-order valence-electron chi connectivity index (χ3n) is 3.48. The van der Waals surface area contributed by atoms with Crippen molar-refractivity contribution < 1.29 is 4.79 Å². The van der Waals surface area contributed by atoms with Crippen molar-refractivity contribution in [3.05, 3.63) is 47.9 Å². The van der Waals surface area contributed by atoms with Crippen LogP contribution >= 0.6 is 11.8 Å². The van der Waals surface area contributed by atoms with Crippen molar-refractivity contribution in [2.45, 2.75) is 23.5 Å². The smallest absolute Gasteiger partial charge is 0.233 e. The molecule has 0 aliphatic carbocycles.